The topological polar surface area (TPSA) is 46.3 Å². The van der Waals surface area contributed by atoms with Gasteiger partial charge in [0.05, 0.1) is 0 Å². The number of nitrogen functional groups attached to an aromatic ring is 1. The van der Waals surface area contributed by atoms with Crippen molar-refractivity contribution in [3.05, 3.63) is 59.2 Å². The van der Waals surface area contributed by atoms with E-state index in [1.807, 2.05) is 18.2 Å². The molecule has 0 atom stereocenters. The van der Waals surface area contributed by atoms with Crippen molar-refractivity contribution in [1.29, 1.82) is 0 Å². The largest absolute Gasteiger partial charge is 0.398 e. The zero-order valence-electron chi connectivity index (χ0n) is 12.7. The highest BCUT2D eigenvalue weighted by Crippen LogP contribution is 2.31. The normalized spacial score (nSPS) is 13.7. The standard InChI is InChI=1S/C18H18F2N2O/c19-14-6-1-4-12(18(14)20)9-10-17(23)22-11-3-5-13-15(21)7-2-8-16(13)22/h1-2,4,6-8H,3,5,9-11,21H2. The molecule has 3 nitrogen and oxygen atoms in total. The molecule has 0 aliphatic carbocycles. The number of nitrogens with two attached hydrogens (primary N) is 1. The van der Waals surface area contributed by atoms with Crippen molar-refractivity contribution in [3.8, 4) is 0 Å². The molecule has 3 rings (SSSR count). The van der Waals surface area contributed by atoms with Gasteiger partial charge in [-0.3, -0.25) is 4.79 Å². The van der Waals surface area contributed by atoms with Crippen molar-refractivity contribution in [1.82, 2.24) is 0 Å². The minimum absolute atomic E-state index is 0.0970. The van der Waals surface area contributed by atoms with Crippen LogP contribution in [0.25, 0.3) is 0 Å². The molecule has 0 spiro atoms. The molecule has 1 heterocycles. The lowest BCUT2D eigenvalue weighted by Gasteiger charge is -2.30. The Labute approximate surface area is 133 Å². The highest BCUT2D eigenvalue weighted by Gasteiger charge is 2.23. The van der Waals surface area contributed by atoms with Gasteiger partial charge in [-0.25, -0.2) is 8.78 Å². The second kappa shape index (κ2) is 6.36. The van der Waals surface area contributed by atoms with Crippen LogP contribution in [0.1, 0.15) is 24.0 Å². The minimum atomic E-state index is -0.883. The van der Waals surface area contributed by atoms with E-state index in [0.717, 1.165) is 30.2 Å². The third kappa shape index (κ3) is 3.04. The summed E-state index contributed by atoms with van der Waals surface area (Å²) in [7, 11) is 0. The molecule has 0 fully saturated rings. The Balaban J connectivity index is 1.75. The Morgan fingerprint density at radius 1 is 1.17 bits per heavy atom. The number of amides is 1. The third-order valence-corrected chi connectivity index (χ3v) is 4.23. The Morgan fingerprint density at radius 2 is 1.96 bits per heavy atom. The minimum Gasteiger partial charge on any atom is -0.398 e. The molecule has 2 aromatic rings. The SMILES string of the molecule is Nc1cccc2c1CCCN2C(=O)CCc1cccc(F)c1F. The van der Waals surface area contributed by atoms with E-state index in [1.165, 1.54) is 12.1 Å². The molecule has 2 N–H and O–H groups in total. The van der Waals surface area contributed by atoms with Crippen molar-refractivity contribution < 1.29 is 13.6 Å². The average Bonchev–Trinajstić information content (AvgIpc) is 2.56. The Kier molecular flexibility index (Phi) is 4.28. The van der Waals surface area contributed by atoms with Crippen LogP contribution in [-0.4, -0.2) is 12.5 Å². The quantitative estimate of drug-likeness (QED) is 0.882. The second-order valence-electron chi connectivity index (χ2n) is 5.71. The van der Waals surface area contributed by atoms with E-state index in [-0.39, 0.29) is 24.3 Å². The van der Waals surface area contributed by atoms with Crippen LogP contribution in [0.15, 0.2) is 36.4 Å². The summed E-state index contributed by atoms with van der Waals surface area (Å²) in [5, 5.41) is 0. The Bertz CT molecular complexity index is 746. The maximum atomic E-state index is 13.7. The van der Waals surface area contributed by atoms with Crippen LogP contribution in [0, 0.1) is 11.6 Å². The number of halogens is 2. The van der Waals surface area contributed by atoms with Crippen LogP contribution in [-0.2, 0) is 17.6 Å². The van der Waals surface area contributed by atoms with E-state index in [0.29, 0.717) is 12.2 Å². The number of aryl methyl sites for hydroxylation is 1. The summed E-state index contributed by atoms with van der Waals surface area (Å²) >= 11 is 0. The summed E-state index contributed by atoms with van der Waals surface area (Å²) in [6, 6.07) is 9.57. The van der Waals surface area contributed by atoms with Crippen LogP contribution in [0.2, 0.25) is 0 Å². The van der Waals surface area contributed by atoms with E-state index >= 15 is 0 Å². The molecular weight excluding hydrogens is 298 g/mol. The summed E-state index contributed by atoms with van der Waals surface area (Å²) in [6.45, 7) is 0.626. The molecule has 1 aliphatic rings. The second-order valence-corrected chi connectivity index (χ2v) is 5.71. The molecule has 1 aliphatic heterocycles. The molecule has 0 saturated carbocycles. The highest BCUT2D eigenvalue weighted by molar-refractivity contribution is 5.95. The number of hydrogen-bond donors (Lipinski definition) is 1. The number of anilines is 2. The van der Waals surface area contributed by atoms with E-state index in [2.05, 4.69) is 0 Å². The van der Waals surface area contributed by atoms with Crippen molar-refractivity contribution in [3.63, 3.8) is 0 Å². The number of benzene rings is 2. The first-order valence-electron chi connectivity index (χ1n) is 7.68. The van der Waals surface area contributed by atoms with E-state index in [4.69, 9.17) is 5.73 Å². The highest BCUT2D eigenvalue weighted by atomic mass is 19.2. The molecule has 23 heavy (non-hydrogen) atoms. The average molecular weight is 316 g/mol. The lowest BCUT2D eigenvalue weighted by Crippen LogP contribution is -2.35. The predicted molar refractivity (Wildman–Crippen MR) is 86.2 cm³/mol. The molecule has 0 bridgehead atoms. The van der Waals surface area contributed by atoms with E-state index in [1.54, 1.807) is 4.90 Å². The third-order valence-electron chi connectivity index (χ3n) is 4.23. The first-order chi connectivity index (χ1) is 11.1. The van der Waals surface area contributed by atoms with Crippen LogP contribution >= 0.6 is 0 Å². The van der Waals surface area contributed by atoms with Gasteiger partial charge in [0.15, 0.2) is 11.6 Å². The number of rotatable bonds is 3. The van der Waals surface area contributed by atoms with Gasteiger partial charge < -0.3 is 10.6 Å². The van der Waals surface area contributed by atoms with Gasteiger partial charge in [0.25, 0.3) is 0 Å². The van der Waals surface area contributed by atoms with Crippen LogP contribution in [0.5, 0.6) is 0 Å². The zero-order valence-corrected chi connectivity index (χ0v) is 12.7. The Hall–Kier alpha value is -2.43. The van der Waals surface area contributed by atoms with Gasteiger partial charge in [-0.1, -0.05) is 18.2 Å². The molecule has 0 radical (unpaired) electrons. The number of nitrogens with zero attached hydrogens (tertiary/aromatic N) is 1. The van der Waals surface area contributed by atoms with Crippen molar-refractivity contribution in [2.75, 3.05) is 17.2 Å². The fourth-order valence-corrected chi connectivity index (χ4v) is 3.03. The maximum absolute atomic E-state index is 13.7. The van der Waals surface area contributed by atoms with Gasteiger partial charge in [0, 0.05) is 24.3 Å². The van der Waals surface area contributed by atoms with E-state index < -0.39 is 11.6 Å². The molecule has 2 aromatic carbocycles. The lowest BCUT2D eigenvalue weighted by atomic mass is 9.99. The molecule has 0 unspecified atom stereocenters. The number of fused-ring (bicyclic) bond motifs is 1. The van der Waals surface area contributed by atoms with Gasteiger partial charge >= 0.3 is 0 Å². The van der Waals surface area contributed by atoms with Gasteiger partial charge in [-0.15, -0.1) is 0 Å². The summed E-state index contributed by atoms with van der Waals surface area (Å²) < 4.78 is 26.9. The first-order valence-corrected chi connectivity index (χ1v) is 7.68. The summed E-state index contributed by atoms with van der Waals surface area (Å²) in [5.41, 5.74) is 8.72. The van der Waals surface area contributed by atoms with E-state index in [9.17, 15) is 13.6 Å². The predicted octanol–water partition coefficient (Wildman–Crippen LogP) is 3.46. The molecule has 0 aromatic heterocycles. The fraction of sp³-hybridized carbons (Fsp3) is 0.278. The van der Waals surface area contributed by atoms with Gasteiger partial charge in [0.2, 0.25) is 5.91 Å². The van der Waals surface area contributed by atoms with Crippen LogP contribution < -0.4 is 10.6 Å². The van der Waals surface area contributed by atoms with Crippen molar-refractivity contribution in [2.45, 2.75) is 25.7 Å². The lowest BCUT2D eigenvalue weighted by molar-refractivity contribution is -0.118. The molecule has 0 saturated heterocycles. The smallest absolute Gasteiger partial charge is 0.227 e. The van der Waals surface area contributed by atoms with Gasteiger partial charge in [-0.05, 0) is 48.6 Å². The number of hydrogen-bond acceptors (Lipinski definition) is 2. The van der Waals surface area contributed by atoms with Crippen LogP contribution in [0.4, 0.5) is 20.2 Å². The molecular formula is C18H18F2N2O. The van der Waals surface area contributed by atoms with Gasteiger partial charge in [0.1, 0.15) is 0 Å². The van der Waals surface area contributed by atoms with Crippen LogP contribution in [0.3, 0.4) is 0 Å². The van der Waals surface area contributed by atoms with Crippen molar-refractivity contribution in [2.24, 2.45) is 0 Å². The van der Waals surface area contributed by atoms with Crippen molar-refractivity contribution >= 4 is 17.3 Å². The maximum Gasteiger partial charge on any atom is 0.227 e. The summed E-state index contributed by atoms with van der Waals surface area (Å²) in [5.74, 6) is -1.85. The van der Waals surface area contributed by atoms with Gasteiger partial charge in [-0.2, -0.15) is 0 Å². The fourth-order valence-electron chi connectivity index (χ4n) is 3.03. The first kappa shape index (κ1) is 15.5. The molecule has 120 valence electrons. The monoisotopic (exact) mass is 316 g/mol. The Morgan fingerprint density at radius 3 is 2.78 bits per heavy atom. The number of carbonyl (C=O) groups excluding carboxylic acids is 1. The number of carbonyl (C=O) groups is 1. The summed E-state index contributed by atoms with van der Waals surface area (Å²) in [6.07, 6.45) is 2.01. The molecule has 1 amide bonds. The zero-order chi connectivity index (χ0) is 16.4. The summed E-state index contributed by atoms with van der Waals surface area (Å²) in [4.78, 5) is 14.2. The molecule has 5 heteroatoms.